The van der Waals surface area contributed by atoms with Gasteiger partial charge in [0.2, 0.25) is 5.88 Å². The van der Waals surface area contributed by atoms with Crippen LogP contribution < -0.4 is 10.5 Å². The van der Waals surface area contributed by atoms with E-state index in [-0.39, 0.29) is 23.2 Å². The van der Waals surface area contributed by atoms with Crippen LogP contribution in [0.4, 0.5) is 0 Å². The molecular formula is C23H19BrN2O3. The number of Topliss-reactive ketones (excluding diaryl/α,β-unsaturated/α-hetero) is 1. The molecule has 4 rings (SSSR count). The van der Waals surface area contributed by atoms with E-state index in [4.69, 9.17) is 15.2 Å². The number of carbonyl (C=O) groups is 1. The van der Waals surface area contributed by atoms with Gasteiger partial charge in [0.05, 0.1) is 17.5 Å². The van der Waals surface area contributed by atoms with Crippen molar-refractivity contribution in [2.45, 2.75) is 24.7 Å². The summed E-state index contributed by atoms with van der Waals surface area (Å²) in [6.45, 7) is 0. The average molecular weight is 451 g/mol. The van der Waals surface area contributed by atoms with Crippen LogP contribution in [0.5, 0.6) is 5.75 Å². The maximum absolute atomic E-state index is 13.2. The van der Waals surface area contributed by atoms with E-state index in [2.05, 4.69) is 22.0 Å². The molecule has 2 aromatic rings. The molecule has 2 aromatic carbocycles. The number of nitriles is 1. The maximum Gasteiger partial charge on any atom is 0.205 e. The number of ketones is 1. The molecule has 2 atom stereocenters. The summed E-state index contributed by atoms with van der Waals surface area (Å²) in [4.78, 5) is 13.2. The van der Waals surface area contributed by atoms with Gasteiger partial charge in [0.1, 0.15) is 23.2 Å². The monoisotopic (exact) mass is 450 g/mol. The van der Waals surface area contributed by atoms with E-state index >= 15 is 0 Å². The summed E-state index contributed by atoms with van der Waals surface area (Å²) in [7, 11) is 1.59. The number of nitrogens with two attached hydrogens (primary N) is 1. The zero-order chi connectivity index (χ0) is 20.5. The molecule has 0 radical (unpaired) electrons. The van der Waals surface area contributed by atoms with Gasteiger partial charge in [-0.15, -0.1) is 0 Å². The predicted octanol–water partition coefficient (Wildman–Crippen LogP) is 4.67. The maximum atomic E-state index is 13.2. The molecule has 29 heavy (non-hydrogen) atoms. The molecule has 1 aliphatic carbocycles. The van der Waals surface area contributed by atoms with Gasteiger partial charge in [0.25, 0.3) is 0 Å². The number of hydrogen-bond acceptors (Lipinski definition) is 5. The second-order valence-electron chi connectivity index (χ2n) is 7.09. The third-order valence-electron chi connectivity index (χ3n) is 5.44. The lowest BCUT2D eigenvalue weighted by atomic mass is 9.73. The van der Waals surface area contributed by atoms with Crippen LogP contribution in [0, 0.1) is 11.3 Å². The van der Waals surface area contributed by atoms with Crippen molar-refractivity contribution >= 4 is 21.7 Å². The van der Waals surface area contributed by atoms with Crippen LogP contribution >= 0.6 is 15.9 Å². The summed E-state index contributed by atoms with van der Waals surface area (Å²) in [5, 5.41) is 9.73. The highest BCUT2D eigenvalue weighted by Crippen LogP contribution is 2.47. The van der Waals surface area contributed by atoms with Gasteiger partial charge in [0, 0.05) is 18.4 Å². The lowest BCUT2D eigenvalue weighted by molar-refractivity contribution is -0.117. The summed E-state index contributed by atoms with van der Waals surface area (Å²) in [6, 6.07) is 17.6. The normalized spacial score (nSPS) is 21.3. The molecule has 2 aliphatic rings. The molecule has 0 spiro atoms. The van der Waals surface area contributed by atoms with Gasteiger partial charge in [-0.3, -0.25) is 4.79 Å². The molecule has 1 aliphatic heterocycles. The molecule has 0 unspecified atom stereocenters. The molecule has 0 saturated heterocycles. The smallest absolute Gasteiger partial charge is 0.205 e. The lowest BCUT2D eigenvalue weighted by Gasteiger charge is -2.34. The van der Waals surface area contributed by atoms with Crippen molar-refractivity contribution in [1.29, 1.82) is 5.26 Å². The summed E-state index contributed by atoms with van der Waals surface area (Å²) in [5.41, 5.74) is 8.77. The fourth-order valence-electron chi connectivity index (χ4n) is 4.06. The van der Waals surface area contributed by atoms with Crippen LogP contribution in [0.1, 0.15) is 35.8 Å². The first-order chi connectivity index (χ1) is 14.0. The SMILES string of the molecule is COc1ccc([C@H]2C(C#N)=C(N)OC3=C2C(=O)C[C@@H](c2ccccc2)C3)cc1Br. The Balaban J connectivity index is 1.80. The zero-order valence-corrected chi connectivity index (χ0v) is 17.4. The molecule has 146 valence electrons. The molecule has 5 nitrogen and oxygen atoms in total. The number of nitrogens with zero attached hydrogens (tertiary/aromatic N) is 1. The number of benzene rings is 2. The van der Waals surface area contributed by atoms with Gasteiger partial charge < -0.3 is 15.2 Å². The molecule has 6 heteroatoms. The van der Waals surface area contributed by atoms with Crippen LogP contribution in [0.25, 0.3) is 0 Å². The second-order valence-corrected chi connectivity index (χ2v) is 7.95. The molecule has 1 heterocycles. The van der Waals surface area contributed by atoms with Crippen LogP contribution in [-0.4, -0.2) is 12.9 Å². The van der Waals surface area contributed by atoms with Crippen molar-refractivity contribution in [1.82, 2.24) is 0 Å². The first kappa shape index (κ1) is 19.3. The number of hydrogen-bond donors (Lipinski definition) is 1. The topological polar surface area (TPSA) is 85.3 Å². The minimum atomic E-state index is -0.546. The molecule has 0 saturated carbocycles. The van der Waals surface area contributed by atoms with Gasteiger partial charge in [-0.25, -0.2) is 0 Å². The number of ether oxygens (including phenoxy) is 2. The Labute approximate surface area is 177 Å². The first-order valence-electron chi connectivity index (χ1n) is 9.25. The van der Waals surface area contributed by atoms with E-state index in [1.165, 1.54) is 0 Å². The summed E-state index contributed by atoms with van der Waals surface area (Å²) in [5.74, 6) is 0.757. The number of carbonyl (C=O) groups excluding carboxylic acids is 1. The van der Waals surface area contributed by atoms with E-state index in [9.17, 15) is 10.1 Å². The number of allylic oxidation sites excluding steroid dienone is 3. The first-order valence-corrected chi connectivity index (χ1v) is 10.0. The van der Waals surface area contributed by atoms with Gasteiger partial charge in [-0.05, 0) is 45.1 Å². The molecule has 0 fully saturated rings. The molecule has 0 amide bonds. The highest BCUT2D eigenvalue weighted by atomic mass is 79.9. The zero-order valence-electron chi connectivity index (χ0n) is 15.8. The third-order valence-corrected chi connectivity index (χ3v) is 6.06. The second kappa shape index (κ2) is 7.76. The van der Waals surface area contributed by atoms with E-state index < -0.39 is 5.92 Å². The van der Waals surface area contributed by atoms with Gasteiger partial charge in [-0.1, -0.05) is 36.4 Å². The largest absolute Gasteiger partial charge is 0.496 e. The fourth-order valence-corrected chi connectivity index (χ4v) is 4.62. The van der Waals surface area contributed by atoms with E-state index in [0.29, 0.717) is 29.9 Å². The number of halogens is 1. The van der Waals surface area contributed by atoms with E-state index in [1.54, 1.807) is 13.2 Å². The minimum Gasteiger partial charge on any atom is -0.496 e. The Morgan fingerprint density at radius 2 is 1.93 bits per heavy atom. The number of rotatable bonds is 3. The Bertz CT molecular complexity index is 1080. The van der Waals surface area contributed by atoms with Crippen molar-refractivity contribution < 1.29 is 14.3 Å². The standard InChI is InChI=1S/C23H19BrN2O3/c1-28-19-8-7-14(9-17(19)24)21-16(12-25)23(26)29-20-11-15(10-18(27)22(20)21)13-5-3-2-4-6-13/h2-9,15,21H,10-11,26H2,1H3/t15-,21+/m1/s1. The molecule has 0 bridgehead atoms. The van der Waals surface area contributed by atoms with Crippen molar-refractivity contribution in [2.24, 2.45) is 5.73 Å². The third kappa shape index (κ3) is 3.43. The van der Waals surface area contributed by atoms with Gasteiger partial charge in [-0.2, -0.15) is 5.26 Å². The lowest BCUT2D eigenvalue weighted by Crippen LogP contribution is -2.29. The fraction of sp³-hybridized carbons (Fsp3) is 0.217. The molecule has 0 aromatic heterocycles. The Kier molecular flexibility index (Phi) is 5.16. The Morgan fingerprint density at radius 3 is 2.59 bits per heavy atom. The predicted molar refractivity (Wildman–Crippen MR) is 112 cm³/mol. The molecular weight excluding hydrogens is 432 g/mol. The van der Waals surface area contributed by atoms with Gasteiger partial charge >= 0.3 is 0 Å². The van der Waals surface area contributed by atoms with Crippen LogP contribution in [0.3, 0.4) is 0 Å². The van der Waals surface area contributed by atoms with Crippen molar-refractivity contribution in [3.8, 4) is 11.8 Å². The van der Waals surface area contributed by atoms with Crippen LogP contribution in [-0.2, 0) is 9.53 Å². The number of methoxy groups -OCH3 is 1. The highest BCUT2D eigenvalue weighted by molar-refractivity contribution is 9.10. The Hall–Kier alpha value is -3.04. The highest BCUT2D eigenvalue weighted by Gasteiger charge is 2.41. The van der Waals surface area contributed by atoms with E-state index in [1.807, 2.05) is 42.5 Å². The van der Waals surface area contributed by atoms with Crippen molar-refractivity contribution in [3.63, 3.8) is 0 Å². The van der Waals surface area contributed by atoms with Gasteiger partial charge in [0.15, 0.2) is 5.78 Å². The van der Waals surface area contributed by atoms with Crippen LogP contribution in [0.2, 0.25) is 0 Å². The average Bonchev–Trinajstić information content (AvgIpc) is 2.73. The summed E-state index contributed by atoms with van der Waals surface area (Å²) in [6.07, 6.45) is 0.941. The van der Waals surface area contributed by atoms with E-state index in [0.717, 1.165) is 15.6 Å². The Morgan fingerprint density at radius 1 is 1.17 bits per heavy atom. The summed E-state index contributed by atoms with van der Waals surface area (Å²) < 4.78 is 11.8. The summed E-state index contributed by atoms with van der Waals surface area (Å²) >= 11 is 3.49. The quantitative estimate of drug-likeness (QED) is 0.734. The van der Waals surface area contributed by atoms with Crippen LogP contribution in [0.15, 0.2) is 75.8 Å². The minimum absolute atomic E-state index is 0.0164. The van der Waals surface area contributed by atoms with Crippen molar-refractivity contribution in [3.05, 3.63) is 86.9 Å². The molecule has 2 N–H and O–H groups in total. The van der Waals surface area contributed by atoms with Crippen molar-refractivity contribution in [2.75, 3.05) is 7.11 Å².